The smallest absolute Gasteiger partial charge is 0.224 e. The molecule has 0 aromatic heterocycles. The van der Waals surface area contributed by atoms with E-state index in [4.69, 9.17) is 5.73 Å². The Morgan fingerprint density at radius 2 is 1.86 bits per heavy atom. The predicted octanol–water partition coefficient (Wildman–Crippen LogP) is 1.87. The Bertz CT molecular complexity index is 434. The Morgan fingerprint density at radius 1 is 1.14 bits per heavy atom. The van der Waals surface area contributed by atoms with Crippen LogP contribution >= 0.6 is 0 Å². The fourth-order valence-electron chi connectivity index (χ4n) is 2.12. The average Bonchev–Trinajstić information content (AvgIpc) is 2.38. The van der Waals surface area contributed by atoms with Crippen LogP contribution in [0.15, 0.2) is 24.3 Å². The second-order valence-corrected chi connectivity index (χ2v) is 5.74. The normalized spacial score (nSPS) is 11.1. The van der Waals surface area contributed by atoms with Gasteiger partial charge in [-0.3, -0.25) is 4.79 Å². The minimum absolute atomic E-state index is 0.0438. The van der Waals surface area contributed by atoms with E-state index in [2.05, 4.69) is 36.3 Å². The fourth-order valence-corrected chi connectivity index (χ4v) is 2.12. The van der Waals surface area contributed by atoms with E-state index in [1.165, 1.54) is 0 Å². The molecular formula is C16H28N4O. The van der Waals surface area contributed by atoms with Crippen LogP contribution in [0.3, 0.4) is 0 Å². The van der Waals surface area contributed by atoms with Crippen LogP contribution in [0.1, 0.15) is 19.3 Å². The van der Waals surface area contributed by atoms with E-state index in [0.717, 1.165) is 38.2 Å². The molecule has 1 aromatic carbocycles. The van der Waals surface area contributed by atoms with E-state index in [1.807, 2.05) is 12.1 Å². The Balaban J connectivity index is 2.15. The van der Waals surface area contributed by atoms with E-state index in [-0.39, 0.29) is 5.91 Å². The molecule has 0 saturated carbocycles. The molecule has 0 heterocycles. The number of nitrogen functional groups attached to an aromatic ring is 1. The van der Waals surface area contributed by atoms with Crippen molar-refractivity contribution in [3.63, 3.8) is 0 Å². The number of anilines is 2. The van der Waals surface area contributed by atoms with Crippen molar-refractivity contribution in [3.05, 3.63) is 24.3 Å². The zero-order valence-electron chi connectivity index (χ0n) is 13.4. The molecule has 1 amide bonds. The zero-order valence-corrected chi connectivity index (χ0v) is 13.4. The maximum atomic E-state index is 11.8. The van der Waals surface area contributed by atoms with Gasteiger partial charge in [-0.2, -0.15) is 0 Å². The fraction of sp³-hybridized carbons (Fsp3) is 0.562. The van der Waals surface area contributed by atoms with E-state index in [0.29, 0.717) is 12.1 Å². The summed E-state index contributed by atoms with van der Waals surface area (Å²) in [5, 5.41) is 2.87. The number of nitrogens with two attached hydrogens (primary N) is 1. The van der Waals surface area contributed by atoms with Crippen molar-refractivity contribution in [1.82, 2.24) is 9.80 Å². The second kappa shape index (κ2) is 9.37. The van der Waals surface area contributed by atoms with Gasteiger partial charge in [0.2, 0.25) is 5.91 Å². The maximum Gasteiger partial charge on any atom is 0.224 e. The van der Waals surface area contributed by atoms with Crippen molar-refractivity contribution >= 4 is 17.3 Å². The molecule has 5 nitrogen and oxygen atoms in total. The second-order valence-electron chi connectivity index (χ2n) is 5.74. The largest absolute Gasteiger partial charge is 0.399 e. The molecule has 3 N–H and O–H groups in total. The molecule has 1 aromatic rings. The lowest BCUT2D eigenvalue weighted by Gasteiger charge is -2.17. The third-order valence-corrected chi connectivity index (χ3v) is 3.26. The lowest BCUT2D eigenvalue weighted by Crippen LogP contribution is -2.25. The molecule has 0 fully saturated rings. The van der Waals surface area contributed by atoms with Crippen LogP contribution < -0.4 is 11.1 Å². The first-order chi connectivity index (χ1) is 9.97. The standard InChI is InChI=1S/C16H28N4O/c1-19(2)10-6-12-20(3)11-5-9-16(21)18-15-8-4-7-14(17)13-15/h4,7-8,13H,5-6,9-12,17H2,1-3H3,(H,18,21). The minimum atomic E-state index is 0.0438. The molecule has 0 bridgehead atoms. The highest BCUT2D eigenvalue weighted by molar-refractivity contribution is 5.91. The molecule has 0 aliphatic heterocycles. The molecule has 0 unspecified atom stereocenters. The quantitative estimate of drug-likeness (QED) is 0.682. The van der Waals surface area contributed by atoms with Crippen LogP contribution in [-0.4, -0.2) is 56.5 Å². The molecule has 21 heavy (non-hydrogen) atoms. The molecule has 0 saturated heterocycles. The van der Waals surface area contributed by atoms with Crippen molar-refractivity contribution in [3.8, 4) is 0 Å². The summed E-state index contributed by atoms with van der Waals surface area (Å²) in [5.41, 5.74) is 7.10. The number of nitrogens with zero attached hydrogens (tertiary/aromatic N) is 2. The van der Waals surface area contributed by atoms with Gasteiger partial charge in [0, 0.05) is 17.8 Å². The van der Waals surface area contributed by atoms with Crippen LogP contribution in [0.5, 0.6) is 0 Å². The number of amides is 1. The van der Waals surface area contributed by atoms with Crippen molar-refractivity contribution in [2.45, 2.75) is 19.3 Å². The van der Waals surface area contributed by atoms with Gasteiger partial charge in [-0.25, -0.2) is 0 Å². The lowest BCUT2D eigenvalue weighted by molar-refractivity contribution is -0.116. The van der Waals surface area contributed by atoms with Gasteiger partial charge in [0.15, 0.2) is 0 Å². The third kappa shape index (κ3) is 8.32. The van der Waals surface area contributed by atoms with Gasteiger partial charge in [-0.1, -0.05) is 6.07 Å². The number of benzene rings is 1. The summed E-state index contributed by atoms with van der Waals surface area (Å²) in [6.07, 6.45) is 2.55. The van der Waals surface area contributed by atoms with Gasteiger partial charge in [-0.15, -0.1) is 0 Å². The Hall–Kier alpha value is -1.59. The first-order valence-corrected chi connectivity index (χ1v) is 7.46. The van der Waals surface area contributed by atoms with Gasteiger partial charge >= 0.3 is 0 Å². The summed E-state index contributed by atoms with van der Waals surface area (Å²) in [5.74, 6) is 0.0438. The van der Waals surface area contributed by atoms with E-state index < -0.39 is 0 Å². The Labute approximate surface area is 128 Å². The van der Waals surface area contributed by atoms with Crippen molar-refractivity contribution in [2.24, 2.45) is 0 Å². The first kappa shape index (κ1) is 17.5. The van der Waals surface area contributed by atoms with E-state index in [9.17, 15) is 4.79 Å². The van der Waals surface area contributed by atoms with Crippen LogP contribution in [0.25, 0.3) is 0 Å². The highest BCUT2D eigenvalue weighted by Gasteiger charge is 2.04. The van der Waals surface area contributed by atoms with Gasteiger partial charge < -0.3 is 20.9 Å². The van der Waals surface area contributed by atoms with E-state index >= 15 is 0 Å². The summed E-state index contributed by atoms with van der Waals surface area (Å²) in [7, 11) is 6.27. The topological polar surface area (TPSA) is 61.6 Å². The highest BCUT2D eigenvalue weighted by Crippen LogP contribution is 2.12. The van der Waals surface area contributed by atoms with Crippen molar-refractivity contribution in [1.29, 1.82) is 0 Å². The SMILES string of the molecule is CN(C)CCCN(C)CCCC(=O)Nc1cccc(N)c1. The van der Waals surface area contributed by atoms with Gasteiger partial charge in [-0.05, 0) is 71.8 Å². The van der Waals surface area contributed by atoms with Gasteiger partial charge in [0.05, 0.1) is 0 Å². The van der Waals surface area contributed by atoms with Gasteiger partial charge in [0.1, 0.15) is 0 Å². The maximum absolute atomic E-state index is 11.8. The summed E-state index contributed by atoms with van der Waals surface area (Å²) >= 11 is 0. The van der Waals surface area contributed by atoms with Crippen LogP contribution in [0.2, 0.25) is 0 Å². The summed E-state index contributed by atoms with van der Waals surface area (Å²) in [4.78, 5) is 16.3. The molecule has 0 aliphatic rings. The van der Waals surface area contributed by atoms with E-state index in [1.54, 1.807) is 12.1 Å². The zero-order chi connectivity index (χ0) is 15.7. The molecule has 118 valence electrons. The predicted molar refractivity (Wildman–Crippen MR) is 89.4 cm³/mol. The Morgan fingerprint density at radius 3 is 2.52 bits per heavy atom. The van der Waals surface area contributed by atoms with Crippen molar-refractivity contribution in [2.75, 3.05) is 51.8 Å². The average molecular weight is 292 g/mol. The molecule has 1 rings (SSSR count). The number of carbonyl (C=O) groups is 1. The summed E-state index contributed by atoms with van der Waals surface area (Å²) in [6.45, 7) is 3.10. The molecule has 0 aliphatic carbocycles. The molecule has 0 atom stereocenters. The van der Waals surface area contributed by atoms with Crippen LogP contribution in [-0.2, 0) is 4.79 Å². The van der Waals surface area contributed by atoms with Crippen LogP contribution in [0, 0.1) is 0 Å². The van der Waals surface area contributed by atoms with Crippen molar-refractivity contribution < 1.29 is 4.79 Å². The summed E-state index contributed by atoms with van der Waals surface area (Å²) in [6, 6.07) is 7.26. The molecule has 0 spiro atoms. The number of hydrogen-bond donors (Lipinski definition) is 2. The monoisotopic (exact) mass is 292 g/mol. The molecule has 0 radical (unpaired) electrons. The lowest BCUT2D eigenvalue weighted by atomic mass is 10.2. The highest BCUT2D eigenvalue weighted by atomic mass is 16.1. The Kier molecular flexibility index (Phi) is 7.79. The summed E-state index contributed by atoms with van der Waals surface area (Å²) < 4.78 is 0. The van der Waals surface area contributed by atoms with Gasteiger partial charge in [0.25, 0.3) is 0 Å². The molecular weight excluding hydrogens is 264 g/mol. The molecule has 5 heteroatoms. The minimum Gasteiger partial charge on any atom is -0.399 e. The number of hydrogen-bond acceptors (Lipinski definition) is 4. The number of carbonyl (C=O) groups excluding carboxylic acids is 1. The third-order valence-electron chi connectivity index (χ3n) is 3.26. The number of rotatable bonds is 9. The first-order valence-electron chi connectivity index (χ1n) is 7.46. The van der Waals surface area contributed by atoms with Crippen LogP contribution in [0.4, 0.5) is 11.4 Å². The number of nitrogens with one attached hydrogen (secondary N) is 1.